The second-order valence-electron chi connectivity index (χ2n) is 5.55. The van der Waals surface area contributed by atoms with Gasteiger partial charge in [-0.25, -0.2) is 13.6 Å². The third-order valence-corrected chi connectivity index (χ3v) is 5.91. The molecule has 0 radical (unpaired) electrons. The first-order valence-corrected chi connectivity index (χ1v) is 10.0. The number of nitrogens with zero attached hydrogens (tertiary/aromatic N) is 1. The molecular weight excluding hydrogens is 378 g/mol. The van der Waals surface area contributed by atoms with E-state index >= 15 is 0 Å². The molecule has 3 rings (SSSR count). The smallest absolute Gasteiger partial charge is 0.263 e. The lowest BCUT2D eigenvalue weighted by Crippen LogP contribution is -2.17. The zero-order chi connectivity index (χ0) is 18.4. The highest BCUT2D eigenvalue weighted by atomic mass is 32.2. The molecule has 0 bridgehead atoms. The molecule has 1 aromatic carbocycles. The van der Waals surface area contributed by atoms with Gasteiger partial charge in [0.1, 0.15) is 4.32 Å². The molecule has 1 aromatic heterocycles. The number of thioether (sulfide) groups is 1. The minimum absolute atomic E-state index is 0.0635. The molecular formula is C16H15N3O3S3. The van der Waals surface area contributed by atoms with Gasteiger partial charge in [-0.3, -0.25) is 4.79 Å². The van der Waals surface area contributed by atoms with Gasteiger partial charge < -0.3 is 9.88 Å². The highest BCUT2D eigenvalue weighted by molar-refractivity contribution is 8.26. The Bertz CT molecular complexity index is 1020. The molecule has 2 aromatic rings. The molecule has 0 atom stereocenters. The Morgan fingerprint density at radius 2 is 1.88 bits per heavy atom. The first-order valence-electron chi connectivity index (χ1n) is 7.24. The number of amides is 1. The van der Waals surface area contributed by atoms with Crippen LogP contribution in [0, 0.1) is 13.8 Å². The summed E-state index contributed by atoms with van der Waals surface area (Å²) in [5.74, 6) is -0.197. The van der Waals surface area contributed by atoms with Crippen LogP contribution in [0.5, 0.6) is 0 Å². The summed E-state index contributed by atoms with van der Waals surface area (Å²) in [6.45, 7) is 3.87. The van der Waals surface area contributed by atoms with E-state index in [0.29, 0.717) is 9.23 Å². The van der Waals surface area contributed by atoms with E-state index in [1.54, 1.807) is 18.2 Å². The fraction of sp³-hybridized carbons (Fsp3) is 0.125. The summed E-state index contributed by atoms with van der Waals surface area (Å²) in [5.41, 5.74) is 3.60. The number of sulfonamides is 1. The average Bonchev–Trinajstić information content (AvgIpc) is 2.98. The van der Waals surface area contributed by atoms with Crippen LogP contribution >= 0.6 is 24.0 Å². The molecule has 1 fully saturated rings. The number of primary sulfonamides is 1. The number of nitrogens with two attached hydrogens (primary N) is 1. The molecule has 0 spiro atoms. The number of thiocarbonyl (C=S) groups is 1. The Labute approximate surface area is 155 Å². The van der Waals surface area contributed by atoms with Crippen molar-refractivity contribution in [2.45, 2.75) is 18.7 Å². The highest BCUT2D eigenvalue weighted by Crippen LogP contribution is 2.29. The number of carbonyl (C=O) groups is 1. The summed E-state index contributed by atoms with van der Waals surface area (Å²) in [5, 5.41) is 7.72. The van der Waals surface area contributed by atoms with Crippen LogP contribution in [0.15, 0.2) is 40.1 Å². The number of aromatic nitrogens is 1. The van der Waals surface area contributed by atoms with Gasteiger partial charge in [0.2, 0.25) is 10.0 Å². The van der Waals surface area contributed by atoms with Crippen LogP contribution in [-0.2, 0) is 14.8 Å². The molecule has 0 saturated carbocycles. The zero-order valence-electron chi connectivity index (χ0n) is 13.4. The molecule has 2 heterocycles. The van der Waals surface area contributed by atoms with E-state index in [0.717, 1.165) is 22.6 Å². The Balaban J connectivity index is 2.02. The molecule has 1 aliphatic heterocycles. The molecule has 3 N–H and O–H groups in total. The standard InChI is InChI=1S/C16H15N3O3S3/c1-9-7-11(8-14-15(20)18-16(23)24-14)10(2)19(9)12-3-5-13(6-4-12)25(17,21)22/h3-8H,1-2H3,(H2,17,21,22)(H,18,20,23)/b14-8+. The van der Waals surface area contributed by atoms with Gasteiger partial charge in [0.25, 0.3) is 5.91 Å². The summed E-state index contributed by atoms with van der Waals surface area (Å²) in [7, 11) is -3.72. The predicted molar refractivity (Wildman–Crippen MR) is 103 cm³/mol. The lowest BCUT2D eigenvalue weighted by atomic mass is 10.2. The SMILES string of the molecule is Cc1cc(/C=C2/SC(=S)NC2=O)c(C)n1-c1ccc(S(N)(=O)=O)cc1. The lowest BCUT2D eigenvalue weighted by Gasteiger charge is -2.10. The fourth-order valence-electron chi connectivity index (χ4n) is 2.68. The minimum atomic E-state index is -3.72. The number of hydrogen-bond acceptors (Lipinski definition) is 5. The van der Waals surface area contributed by atoms with Crippen LogP contribution in [0.2, 0.25) is 0 Å². The maximum atomic E-state index is 11.8. The van der Waals surface area contributed by atoms with Gasteiger partial charge in [-0.2, -0.15) is 0 Å². The van der Waals surface area contributed by atoms with Crippen LogP contribution in [0.25, 0.3) is 11.8 Å². The van der Waals surface area contributed by atoms with Crippen molar-refractivity contribution in [2.24, 2.45) is 5.14 Å². The van der Waals surface area contributed by atoms with E-state index in [9.17, 15) is 13.2 Å². The molecule has 1 amide bonds. The Morgan fingerprint density at radius 3 is 2.40 bits per heavy atom. The van der Waals surface area contributed by atoms with Crippen molar-refractivity contribution < 1.29 is 13.2 Å². The first-order chi connectivity index (χ1) is 11.7. The monoisotopic (exact) mass is 393 g/mol. The summed E-state index contributed by atoms with van der Waals surface area (Å²) in [6, 6.07) is 8.30. The van der Waals surface area contributed by atoms with Crippen molar-refractivity contribution in [3.05, 3.63) is 52.2 Å². The predicted octanol–water partition coefficient (Wildman–Crippen LogP) is 2.23. The van der Waals surface area contributed by atoms with E-state index in [4.69, 9.17) is 17.4 Å². The Kier molecular flexibility index (Phi) is 4.58. The van der Waals surface area contributed by atoms with Crippen molar-refractivity contribution in [3.8, 4) is 5.69 Å². The second kappa shape index (κ2) is 6.41. The quantitative estimate of drug-likeness (QED) is 0.616. The highest BCUT2D eigenvalue weighted by Gasteiger charge is 2.23. The lowest BCUT2D eigenvalue weighted by molar-refractivity contribution is -0.115. The van der Waals surface area contributed by atoms with E-state index < -0.39 is 10.0 Å². The molecule has 9 heteroatoms. The molecule has 6 nitrogen and oxygen atoms in total. The molecule has 0 unspecified atom stereocenters. The molecule has 0 aliphatic carbocycles. The normalized spacial score (nSPS) is 16.5. The number of nitrogens with one attached hydrogen (secondary N) is 1. The van der Waals surface area contributed by atoms with Crippen LogP contribution in [0.3, 0.4) is 0 Å². The van der Waals surface area contributed by atoms with Gasteiger partial charge in [-0.05, 0) is 55.8 Å². The van der Waals surface area contributed by atoms with Crippen LogP contribution < -0.4 is 10.5 Å². The number of hydrogen-bond donors (Lipinski definition) is 2. The number of benzene rings is 1. The van der Waals surface area contributed by atoms with Crippen LogP contribution in [-0.4, -0.2) is 23.2 Å². The van der Waals surface area contributed by atoms with Gasteiger partial charge in [0, 0.05) is 17.1 Å². The Morgan fingerprint density at radius 1 is 1.24 bits per heavy atom. The van der Waals surface area contributed by atoms with E-state index in [-0.39, 0.29) is 10.8 Å². The Hall–Kier alpha value is -1.94. The van der Waals surface area contributed by atoms with Crippen molar-refractivity contribution in [2.75, 3.05) is 0 Å². The summed E-state index contributed by atoms with van der Waals surface area (Å²) >= 11 is 6.23. The largest absolute Gasteiger partial charge is 0.318 e. The van der Waals surface area contributed by atoms with Gasteiger partial charge in [0.05, 0.1) is 9.80 Å². The summed E-state index contributed by atoms with van der Waals surface area (Å²) in [6.07, 6.45) is 1.80. The van der Waals surface area contributed by atoms with Crippen molar-refractivity contribution in [3.63, 3.8) is 0 Å². The maximum Gasteiger partial charge on any atom is 0.263 e. The van der Waals surface area contributed by atoms with E-state index in [2.05, 4.69) is 5.32 Å². The van der Waals surface area contributed by atoms with Gasteiger partial charge in [-0.1, -0.05) is 24.0 Å². The number of carbonyl (C=O) groups excluding carboxylic acids is 1. The molecule has 25 heavy (non-hydrogen) atoms. The third-order valence-electron chi connectivity index (χ3n) is 3.82. The molecule has 130 valence electrons. The zero-order valence-corrected chi connectivity index (χ0v) is 15.9. The topological polar surface area (TPSA) is 94.2 Å². The molecule has 1 aliphatic rings. The first kappa shape index (κ1) is 17.9. The van der Waals surface area contributed by atoms with Crippen molar-refractivity contribution >= 4 is 50.3 Å². The fourth-order valence-corrected chi connectivity index (χ4v) is 4.23. The summed E-state index contributed by atoms with van der Waals surface area (Å²) < 4.78 is 25.2. The van der Waals surface area contributed by atoms with Crippen molar-refractivity contribution in [1.82, 2.24) is 9.88 Å². The van der Waals surface area contributed by atoms with E-state index in [1.807, 2.05) is 24.5 Å². The van der Waals surface area contributed by atoms with Gasteiger partial charge >= 0.3 is 0 Å². The van der Waals surface area contributed by atoms with E-state index in [1.165, 1.54) is 23.9 Å². The van der Waals surface area contributed by atoms with Gasteiger partial charge in [0.15, 0.2) is 0 Å². The minimum Gasteiger partial charge on any atom is -0.318 e. The number of rotatable bonds is 3. The van der Waals surface area contributed by atoms with Crippen LogP contribution in [0.1, 0.15) is 17.0 Å². The average molecular weight is 394 g/mol. The third kappa shape index (κ3) is 3.54. The maximum absolute atomic E-state index is 11.8. The summed E-state index contributed by atoms with van der Waals surface area (Å²) in [4.78, 5) is 12.4. The second-order valence-corrected chi connectivity index (χ2v) is 8.83. The van der Waals surface area contributed by atoms with Crippen LogP contribution in [0.4, 0.5) is 0 Å². The molecule has 1 saturated heterocycles. The van der Waals surface area contributed by atoms with Gasteiger partial charge in [-0.15, -0.1) is 0 Å². The van der Waals surface area contributed by atoms with Crippen molar-refractivity contribution in [1.29, 1.82) is 0 Å². The number of aryl methyl sites for hydroxylation is 1.